The molecule has 0 aromatic heterocycles. The summed E-state index contributed by atoms with van der Waals surface area (Å²) in [6.45, 7) is 1.86. The van der Waals surface area contributed by atoms with Crippen molar-refractivity contribution in [2.75, 3.05) is 13.1 Å². The monoisotopic (exact) mass is 588 g/mol. The number of carbonyl (C=O) groups excluding carboxylic acids is 7. The average molecular weight is 589 g/mol. The molecule has 13 N–H and O–H groups in total. The van der Waals surface area contributed by atoms with E-state index in [-0.39, 0.29) is 12.8 Å². The number of nitrogens with two attached hydrogens (primary N) is 3. The van der Waals surface area contributed by atoms with Crippen LogP contribution in [0.4, 0.5) is 0 Å². The first-order chi connectivity index (χ1) is 18.9. The maximum absolute atomic E-state index is 12.9. The minimum absolute atomic E-state index is 0.153. The van der Waals surface area contributed by atoms with Gasteiger partial charge in [0.2, 0.25) is 41.4 Å². The van der Waals surface area contributed by atoms with E-state index in [4.69, 9.17) is 27.4 Å². The van der Waals surface area contributed by atoms with E-state index in [0.717, 1.165) is 0 Å². The standard InChI is InChI=1S/C22H36N8O11/c1-9(2)18(30-16(34)8-26-15(33)7-27-19(37)10(23)3-4-17(35)36)21(39)28-11(5-13(24)31)20(38)29-12(22(40)41)6-14(25)32/h9-12,18H,3-8,23H2,1-2H3,(H2,24,31)(H2,25,32)(H,26,33)(H,27,37)(H,28,39)(H,29,38)(H,30,34)(H,35,36)(H,40,41)/t10-,11-,12-,18-/m0/s1. The maximum Gasteiger partial charge on any atom is 0.326 e. The molecule has 0 fully saturated rings. The van der Waals surface area contributed by atoms with Crippen molar-refractivity contribution in [1.29, 1.82) is 0 Å². The molecule has 0 aromatic carbocycles. The van der Waals surface area contributed by atoms with Crippen LogP contribution in [0.15, 0.2) is 0 Å². The largest absolute Gasteiger partial charge is 0.481 e. The SMILES string of the molecule is CC(C)[C@H](NC(=O)CNC(=O)CNC(=O)[C@@H](N)CCC(=O)O)C(=O)N[C@@H](CC(N)=O)C(=O)N[C@@H](CC(N)=O)C(=O)O. The Morgan fingerprint density at radius 2 is 1.20 bits per heavy atom. The van der Waals surface area contributed by atoms with Gasteiger partial charge in [-0.05, 0) is 12.3 Å². The summed E-state index contributed by atoms with van der Waals surface area (Å²) in [7, 11) is 0. The summed E-state index contributed by atoms with van der Waals surface area (Å²) >= 11 is 0. The zero-order valence-electron chi connectivity index (χ0n) is 22.4. The molecule has 0 radical (unpaired) electrons. The molecule has 0 aromatic rings. The summed E-state index contributed by atoms with van der Waals surface area (Å²) in [6.07, 6.45) is -2.02. The van der Waals surface area contributed by atoms with Gasteiger partial charge in [0.25, 0.3) is 0 Å². The molecule has 0 rings (SSSR count). The van der Waals surface area contributed by atoms with Gasteiger partial charge in [-0.3, -0.25) is 38.4 Å². The summed E-state index contributed by atoms with van der Waals surface area (Å²) in [5, 5.41) is 28.7. The molecule has 4 atom stereocenters. The fourth-order valence-electron chi connectivity index (χ4n) is 3.05. The van der Waals surface area contributed by atoms with Gasteiger partial charge < -0.3 is 54.0 Å². The quantitative estimate of drug-likeness (QED) is 0.0675. The van der Waals surface area contributed by atoms with Crippen LogP contribution in [0.1, 0.15) is 39.5 Å². The van der Waals surface area contributed by atoms with Gasteiger partial charge in [-0.2, -0.15) is 0 Å². The molecule has 0 aliphatic rings. The van der Waals surface area contributed by atoms with Crippen molar-refractivity contribution in [3.63, 3.8) is 0 Å². The molecule has 0 spiro atoms. The first-order valence-electron chi connectivity index (χ1n) is 12.2. The van der Waals surface area contributed by atoms with E-state index < -0.39 is 109 Å². The predicted octanol–water partition coefficient (Wildman–Crippen LogP) is -5.64. The smallest absolute Gasteiger partial charge is 0.326 e. The highest BCUT2D eigenvalue weighted by molar-refractivity contribution is 5.97. The van der Waals surface area contributed by atoms with Crippen molar-refractivity contribution in [3.05, 3.63) is 0 Å². The highest BCUT2D eigenvalue weighted by Crippen LogP contribution is 2.05. The summed E-state index contributed by atoms with van der Waals surface area (Å²) in [5.41, 5.74) is 15.6. The second-order valence-electron chi connectivity index (χ2n) is 9.12. The van der Waals surface area contributed by atoms with Crippen LogP contribution in [0, 0.1) is 5.92 Å². The van der Waals surface area contributed by atoms with Gasteiger partial charge >= 0.3 is 11.9 Å². The molecule has 230 valence electrons. The Hall–Kier alpha value is -4.81. The first kappa shape index (κ1) is 36.2. The lowest BCUT2D eigenvalue weighted by Crippen LogP contribution is -2.58. The van der Waals surface area contributed by atoms with Crippen LogP contribution in [0.25, 0.3) is 0 Å². The van der Waals surface area contributed by atoms with Crippen LogP contribution in [-0.2, 0) is 43.2 Å². The number of nitrogens with one attached hydrogen (secondary N) is 5. The van der Waals surface area contributed by atoms with E-state index in [9.17, 15) is 43.2 Å². The van der Waals surface area contributed by atoms with E-state index in [0.29, 0.717) is 0 Å². The summed E-state index contributed by atoms with van der Waals surface area (Å²) in [4.78, 5) is 106. The lowest BCUT2D eigenvalue weighted by molar-refractivity contribution is -0.144. The zero-order chi connectivity index (χ0) is 31.9. The van der Waals surface area contributed by atoms with Crippen molar-refractivity contribution in [2.24, 2.45) is 23.1 Å². The van der Waals surface area contributed by atoms with E-state index >= 15 is 0 Å². The van der Waals surface area contributed by atoms with Crippen LogP contribution in [0.2, 0.25) is 0 Å². The molecule has 0 bridgehead atoms. The molecule has 7 amide bonds. The number of carboxylic acids is 2. The van der Waals surface area contributed by atoms with E-state index in [2.05, 4.69) is 21.3 Å². The third kappa shape index (κ3) is 15.4. The third-order valence-corrected chi connectivity index (χ3v) is 5.20. The lowest BCUT2D eigenvalue weighted by atomic mass is 10.0. The molecule has 0 saturated heterocycles. The fraction of sp³-hybridized carbons (Fsp3) is 0.591. The van der Waals surface area contributed by atoms with Crippen molar-refractivity contribution in [2.45, 2.75) is 63.7 Å². The van der Waals surface area contributed by atoms with Crippen molar-refractivity contribution >= 4 is 53.3 Å². The van der Waals surface area contributed by atoms with Crippen molar-refractivity contribution < 1.29 is 53.4 Å². The molecular formula is C22H36N8O11. The number of carbonyl (C=O) groups is 9. The molecule has 0 saturated carbocycles. The van der Waals surface area contributed by atoms with Gasteiger partial charge in [0.1, 0.15) is 18.1 Å². The zero-order valence-corrected chi connectivity index (χ0v) is 22.4. The Kier molecular flexibility index (Phi) is 15.6. The number of primary amides is 2. The molecule has 0 heterocycles. The normalized spacial score (nSPS) is 13.5. The second kappa shape index (κ2) is 17.7. The molecule has 0 aliphatic carbocycles. The van der Waals surface area contributed by atoms with Gasteiger partial charge in [0.05, 0.1) is 32.0 Å². The molecular weight excluding hydrogens is 552 g/mol. The number of hydrogen-bond acceptors (Lipinski definition) is 10. The summed E-state index contributed by atoms with van der Waals surface area (Å²) < 4.78 is 0. The van der Waals surface area contributed by atoms with Gasteiger partial charge in [-0.25, -0.2) is 4.79 Å². The first-order valence-corrected chi connectivity index (χ1v) is 12.2. The minimum atomic E-state index is -1.75. The Bertz CT molecular complexity index is 1030. The summed E-state index contributed by atoms with van der Waals surface area (Å²) in [6, 6.07) is -5.87. The maximum atomic E-state index is 12.9. The topological polar surface area (TPSA) is 332 Å². The van der Waals surface area contributed by atoms with Gasteiger partial charge in [-0.15, -0.1) is 0 Å². The van der Waals surface area contributed by atoms with Gasteiger partial charge in [0, 0.05) is 6.42 Å². The van der Waals surface area contributed by atoms with Gasteiger partial charge in [0.15, 0.2) is 0 Å². The third-order valence-electron chi connectivity index (χ3n) is 5.20. The predicted molar refractivity (Wildman–Crippen MR) is 137 cm³/mol. The number of aliphatic carboxylic acids is 2. The van der Waals surface area contributed by atoms with Crippen molar-refractivity contribution in [3.8, 4) is 0 Å². The number of carboxylic acid groups (broad SMARTS) is 2. The number of amides is 7. The van der Waals surface area contributed by atoms with E-state index in [1.807, 2.05) is 5.32 Å². The van der Waals surface area contributed by atoms with Crippen molar-refractivity contribution in [1.82, 2.24) is 26.6 Å². The van der Waals surface area contributed by atoms with Crippen LogP contribution < -0.4 is 43.8 Å². The minimum Gasteiger partial charge on any atom is -0.481 e. The van der Waals surface area contributed by atoms with Gasteiger partial charge in [-0.1, -0.05) is 13.8 Å². The van der Waals surface area contributed by atoms with Crippen LogP contribution in [-0.4, -0.2) is 101 Å². The highest BCUT2D eigenvalue weighted by Gasteiger charge is 2.32. The van der Waals surface area contributed by atoms with E-state index in [1.54, 1.807) is 0 Å². The number of rotatable bonds is 19. The Balaban J connectivity index is 5.12. The average Bonchev–Trinajstić information content (AvgIpc) is 2.85. The molecule has 41 heavy (non-hydrogen) atoms. The van der Waals surface area contributed by atoms with Crippen LogP contribution >= 0.6 is 0 Å². The molecule has 19 heteroatoms. The molecule has 0 aliphatic heterocycles. The Morgan fingerprint density at radius 3 is 1.68 bits per heavy atom. The van der Waals surface area contributed by atoms with Crippen LogP contribution in [0.3, 0.4) is 0 Å². The van der Waals surface area contributed by atoms with E-state index in [1.165, 1.54) is 13.8 Å². The number of hydrogen-bond donors (Lipinski definition) is 10. The Morgan fingerprint density at radius 1 is 0.683 bits per heavy atom. The lowest BCUT2D eigenvalue weighted by Gasteiger charge is -2.25. The second-order valence-corrected chi connectivity index (χ2v) is 9.12. The fourth-order valence-corrected chi connectivity index (χ4v) is 3.05. The molecule has 0 unspecified atom stereocenters. The molecule has 19 nitrogen and oxygen atoms in total. The Labute approximate surface area is 233 Å². The van der Waals surface area contributed by atoms with Crippen LogP contribution in [0.5, 0.6) is 0 Å². The summed E-state index contributed by atoms with van der Waals surface area (Å²) in [5.74, 6) is -9.94. The highest BCUT2D eigenvalue weighted by atomic mass is 16.4.